The lowest BCUT2D eigenvalue weighted by molar-refractivity contribution is 0.198. The van der Waals surface area contributed by atoms with Gasteiger partial charge in [-0.05, 0) is 38.0 Å². The lowest BCUT2D eigenvalue weighted by Crippen LogP contribution is -2.35. The molecule has 2 nitrogen and oxygen atoms in total. The molecule has 3 heteroatoms. The van der Waals surface area contributed by atoms with Crippen LogP contribution < -0.4 is 5.73 Å². The summed E-state index contributed by atoms with van der Waals surface area (Å²) in [7, 11) is 0. The lowest BCUT2D eigenvalue weighted by Gasteiger charge is -2.30. The Balaban J connectivity index is 2.26. The SMILES string of the molecule is CC(C)N1CCC(N)C1c1ccc(Cl)cc1. The van der Waals surface area contributed by atoms with Crippen molar-refractivity contribution in [3.8, 4) is 0 Å². The van der Waals surface area contributed by atoms with Crippen LogP contribution in [-0.4, -0.2) is 23.5 Å². The maximum absolute atomic E-state index is 6.20. The van der Waals surface area contributed by atoms with E-state index in [-0.39, 0.29) is 6.04 Å². The summed E-state index contributed by atoms with van der Waals surface area (Å²) in [6, 6.07) is 9.19. The van der Waals surface area contributed by atoms with Gasteiger partial charge in [-0.15, -0.1) is 0 Å². The van der Waals surface area contributed by atoms with E-state index >= 15 is 0 Å². The third-order valence-electron chi connectivity index (χ3n) is 3.36. The average molecular weight is 239 g/mol. The quantitative estimate of drug-likeness (QED) is 0.859. The fraction of sp³-hybridized carbons (Fsp3) is 0.538. The van der Waals surface area contributed by atoms with Crippen LogP contribution in [0.2, 0.25) is 5.02 Å². The summed E-state index contributed by atoms with van der Waals surface area (Å²) in [5, 5.41) is 0.784. The molecule has 0 amide bonds. The van der Waals surface area contributed by atoms with Gasteiger partial charge in [-0.25, -0.2) is 0 Å². The van der Waals surface area contributed by atoms with Gasteiger partial charge in [0.05, 0.1) is 6.04 Å². The van der Waals surface area contributed by atoms with Crippen LogP contribution >= 0.6 is 11.6 Å². The number of hydrogen-bond acceptors (Lipinski definition) is 2. The largest absolute Gasteiger partial charge is 0.326 e. The van der Waals surface area contributed by atoms with Crippen molar-refractivity contribution in [2.75, 3.05) is 6.54 Å². The van der Waals surface area contributed by atoms with Gasteiger partial charge in [-0.3, -0.25) is 4.90 Å². The van der Waals surface area contributed by atoms with Gasteiger partial charge >= 0.3 is 0 Å². The highest BCUT2D eigenvalue weighted by Gasteiger charge is 2.33. The molecule has 0 aromatic heterocycles. The van der Waals surface area contributed by atoms with Gasteiger partial charge < -0.3 is 5.73 Å². The number of nitrogens with two attached hydrogens (primary N) is 1. The summed E-state index contributed by atoms with van der Waals surface area (Å²) in [6.07, 6.45) is 1.07. The highest BCUT2D eigenvalue weighted by Crippen LogP contribution is 2.33. The van der Waals surface area contributed by atoms with E-state index in [2.05, 4.69) is 30.9 Å². The van der Waals surface area contributed by atoms with E-state index in [4.69, 9.17) is 17.3 Å². The third kappa shape index (κ3) is 2.24. The monoisotopic (exact) mass is 238 g/mol. The molecule has 1 aromatic carbocycles. The fourth-order valence-corrected chi connectivity index (χ4v) is 2.65. The topological polar surface area (TPSA) is 29.3 Å². The first-order valence-electron chi connectivity index (χ1n) is 5.86. The van der Waals surface area contributed by atoms with Gasteiger partial charge in [-0.1, -0.05) is 23.7 Å². The Morgan fingerprint density at radius 3 is 2.50 bits per heavy atom. The molecule has 0 radical (unpaired) electrons. The average Bonchev–Trinajstić information content (AvgIpc) is 2.62. The molecule has 0 aliphatic carbocycles. The minimum absolute atomic E-state index is 0.239. The molecule has 0 saturated carbocycles. The second-order valence-electron chi connectivity index (χ2n) is 4.78. The van der Waals surface area contributed by atoms with E-state index in [0.717, 1.165) is 18.0 Å². The number of halogens is 1. The van der Waals surface area contributed by atoms with E-state index < -0.39 is 0 Å². The van der Waals surface area contributed by atoms with Crippen LogP contribution in [0.1, 0.15) is 31.9 Å². The molecule has 2 atom stereocenters. The van der Waals surface area contributed by atoms with Crippen molar-refractivity contribution < 1.29 is 0 Å². The van der Waals surface area contributed by atoms with Crippen molar-refractivity contribution >= 4 is 11.6 Å². The van der Waals surface area contributed by atoms with E-state index in [1.54, 1.807) is 0 Å². The van der Waals surface area contributed by atoms with Gasteiger partial charge in [0.1, 0.15) is 0 Å². The summed E-state index contributed by atoms with van der Waals surface area (Å²) in [5.74, 6) is 0. The van der Waals surface area contributed by atoms with E-state index in [1.165, 1.54) is 5.56 Å². The Morgan fingerprint density at radius 2 is 1.94 bits per heavy atom. The van der Waals surface area contributed by atoms with Crippen LogP contribution in [0.15, 0.2) is 24.3 Å². The smallest absolute Gasteiger partial charge is 0.0502 e. The number of hydrogen-bond donors (Lipinski definition) is 1. The molecule has 1 aliphatic heterocycles. The minimum Gasteiger partial charge on any atom is -0.326 e. The third-order valence-corrected chi connectivity index (χ3v) is 3.61. The van der Waals surface area contributed by atoms with Crippen LogP contribution in [0, 0.1) is 0 Å². The van der Waals surface area contributed by atoms with Gasteiger partial charge in [0.15, 0.2) is 0 Å². The normalized spacial score (nSPS) is 26.6. The summed E-state index contributed by atoms with van der Waals surface area (Å²) < 4.78 is 0. The van der Waals surface area contributed by atoms with E-state index in [0.29, 0.717) is 12.1 Å². The van der Waals surface area contributed by atoms with Crippen molar-refractivity contribution in [1.82, 2.24) is 4.90 Å². The molecule has 0 bridgehead atoms. The Kier molecular flexibility index (Phi) is 3.53. The summed E-state index contributed by atoms with van der Waals surface area (Å²) in [6.45, 7) is 5.54. The number of nitrogens with zero attached hydrogens (tertiary/aromatic N) is 1. The van der Waals surface area contributed by atoms with Gasteiger partial charge in [0, 0.05) is 23.7 Å². The fourth-order valence-electron chi connectivity index (χ4n) is 2.52. The Hall–Kier alpha value is -0.570. The first kappa shape index (κ1) is 11.9. The molecular weight excluding hydrogens is 220 g/mol. The molecule has 16 heavy (non-hydrogen) atoms. The number of likely N-dealkylation sites (tertiary alicyclic amines) is 1. The second kappa shape index (κ2) is 4.74. The predicted octanol–water partition coefficient (Wildman–Crippen LogP) is 2.82. The standard InChI is InChI=1S/C13H19ClN2/c1-9(2)16-8-7-12(15)13(16)10-3-5-11(14)6-4-10/h3-6,9,12-13H,7-8,15H2,1-2H3. The molecule has 1 aromatic rings. The summed E-state index contributed by atoms with van der Waals surface area (Å²) >= 11 is 5.91. The molecule has 1 saturated heterocycles. The zero-order chi connectivity index (χ0) is 11.7. The molecule has 2 unspecified atom stereocenters. The molecule has 1 heterocycles. The number of benzene rings is 1. The van der Waals surface area contributed by atoms with Gasteiger partial charge in [0.2, 0.25) is 0 Å². The zero-order valence-electron chi connectivity index (χ0n) is 9.86. The van der Waals surface area contributed by atoms with E-state index in [1.807, 2.05) is 12.1 Å². The highest BCUT2D eigenvalue weighted by atomic mass is 35.5. The maximum atomic E-state index is 6.20. The first-order chi connectivity index (χ1) is 7.59. The molecule has 1 fully saturated rings. The van der Waals surface area contributed by atoms with Crippen LogP contribution in [0.4, 0.5) is 0 Å². The first-order valence-corrected chi connectivity index (χ1v) is 6.24. The van der Waals surface area contributed by atoms with Crippen LogP contribution in [0.5, 0.6) is 0 Å². The molecule has 2 N–H and O–H groups in total. The van der Waals surface area contributed by atoms with Crippen molar-refractivity contribution in [3.05, 3.63) is 34.9 Å². The van der Waals surface area contributed by atoms with Crippen molar-refractivity contribution in [2.45, 2.75) is 38.4 Å². The molecule has 0 spiro atoms. The molecule has 2 rings (SSSR count). The molecule has 88 valence electrons. The van der Waals surface area contributed by atoms with Crippen LogP contribution in [-0.2, 0) is 0 Å². The molecular formula is C13H19ClN2. The Bertz CT molecular complexity index is 347. The number of rotatable bonds is 2. The second-order valence-corrected chi connectivity index (χ2v) is 5.22. The maximum Gasteiger partial charge on any atom is 0.0502 e. The van der Waals surface area contributed by atoms with E-state index in [9.17, 15) is 0 Å². The summed E-state index contributed by atoms with van der Waals surface area (Å²) in [4.78, 5) is 2.47. The van der Waals surface area contributed by atoms with Gasteiger partial charge in [-0.2, -0.15) is 0 Å². The summed E-state index contributed by atoms with van der Waals surface area (Å²) in [5.41, 5.74) is 7.48. The highest BCUT2D eigenvalue weighted by molar-refractivity contribution is 6.30. The Morgan fingerprint density at radius 1 is 1.31 bits per heavy atom. The Labute approximate surface area is 102 Å². The van der Waals surface area contributed by atoms with Crippen molar-refractivity contribution in [3.63, 3.8) is 0 Å². The van der Waals surface area contributed by atoms with Crippen molar-refractivity contribution in [1.29, 1.82) is 0 Å². The minimum atomic E-state index is 0.239. The molecule has 1 aliphatic rings. The zero-order valence-corrected chi connectivity index (χ0v) is 10.6. The lowest BCUT2D eigenvalue weighted by atomic mass is 10.0. The van der Waals surface area contributed by atoms with Crippen LogP contribution in [0.25, 0.3) is 0 Å². The predicted molar refractivity (Wildman–Crippen MR) is 68.6 cm³/mol. The van der Waals surface area contributed by atoms with Gasteiger partial charge in [0.25, 0.3) is 0 Å². The van der Waals surface area contributed by atoms with Crippen molar-refractivity contribution in [2.24, 2.45) is 5.73 Å². The van der Waals surface area contributed by atoms with Crippen LogP contribution in [0.3, 0.4) is 0 Å².